The Bertz CT molecular complexity index is 1950. The number of phenolic OH excluding ortho intramolecular Hbond substituents is 1. The molecule has 1 N–H and O–H groups in total. The van der Waals surface area contributed by atoms with Crippen molar-refractivity contribution in [3.05, 3.63) is 169 Å². The third-order valence-electron chi connectivity index (χ3n) is 7.82. The number of aliphatic imine (C=N–C) groups is 2. The first-order chi connectivity index (χ1) is 25.2. The summed E-state index contributed by atoms with van der Waals surface area (Å²) in [5.74, 6) is 0.497. The van der Waals surface area contributed by atoms with E-state index < -0.39 is 0 Å². The second kappa shape index (κ2) is 22.5. The summed E-state index contributed by atoms with van der Waals surface area (Å²) in [6, 6.07) is 34.4. The van der Waals surface area contributed by atoms with E-state index in [2.05, 4.69) is 41.8 Å². The Balaban J connectivity index is 0.000000293. The minimum absolute atomic E-state index is 0. The van der Waals surface area contributed by atoms with Gasteiger partial charge in [-0.3, -0.25) is 9.98 Å². The van der Waals surface area contributed by atoms with Gasteiger partial charge in [0, 0.05) is 21.4 Å². The van der Waals surface area contributed by atoms with Gasteiger partial charge in [0.1, 0.15) is 5.75 Å². The molecule has 0 aromatic heterocycles. The Morgan fingerprint density at radius 3 is 1.02 bits per heavy atom. The number of aromatic hydroxyl groups is 1. The summed E-state index contributed by atoms with van der Waals surface area (Å²) in [5, 5.41) is 55.2. The number of hydrogen-bond acceptors (Lipinski definition) is 7. The molecule has 54 heavy (non-hydrogen) atoms. The van der Waals surface area contributed by atoms with Gasteiger partial charge in [-0.2, -0.15) is 0 Å². The summed E-state index contributed by atoms with van der Waals surface area (Å²) in [6.07, 6.45) is 3.03. The number of para-hydroxylation sites is 7. The van der Waals surface area contributed by atoms with Crippen molar-refractivity contribution in [3.63, 3.8) is 0 Å². The number of hydrogen-bond donors (Lipinski definition) is 1. The number of nitrogens with zero attached hydrogens (tertiary/aromatic N) is 2. The average molecular weight is 884 g/mol. The first-order valence-electron chi connectivity index (χ1n) is 16.5. The molecule has 7 nitrogen and oxygen atoms in total. The fourth-order valence-corrected chi connectivity index (χ4v) is 5.38. The van der Waals surface area contributed by atoms with Crippen molar-refractivity contribution in [2.24, 2.45) is 9.98 Å². The van der Waals surface area contributed by atoms with E-state index in [0.717, 1.165) is 33.4 Å². The normalized spacial score (nSPS) is 10.3. The second-order valence-electron chi connectivity index (χ2n) is 12.0. The van der Waals surface area contributed by atoms with Gasteiger partial charge >= 0.3 is 21.7 Å². The molecular formula is C44H40Br2N2O5Ti. The Kier molecular flexibility index (Phi) is 19.0. The van der Waals surface area contributed by atoms with Gasteiger partial charge in [0.25, 0.3) is 0 Å². The molecule has 0 radical (unpaired) electrons. The van der Waals surface area contributed by atoms with Crippen LogP contribution in [0.5, 0.6) is 28.7 Å². The van der Waals surface area contributed by atoms with Crippen LogP contribution in [0, 0.1) is 41.5 Å². The van der Waals surface area contributed by atoms with E-state index in [0.29, 0.717) is 37.2 Å². The molecule has 0 heterocycles. The monoisotopic (exact) mass is 882 g/mol. The molecule has 10 heteroatoms. The number of phenols is 1. The van der Waals surface area contributed by atoms with Gasteiger partial charge in [-0.1, -0.05) is 157 Å². The van der Waals surface area contributed by atoms with Gasteiger partial charge in [0.2, 0.25) is 0 Å². The van der Waals surface area contributed by atoms with E-state index >= 15 is 0 Å². The smallest absolute Gasteiger partial charge is 0.872 e. The van der Waals surface area contributed by atoms with E-state index in [9.17, 15) is 25.5 Å². The number of rotatable bonds is 4. The Labute approximate surface area is 349 Å². The van der Waals surface area contributed by atoms with Crippen LogP contribution in [-0.4, -0.2) is 17.5 Å². The van der Waals surface area contributed by atoms with Crippen molar-refractivity contribution < 1.29 is 47.3 Å². The van der Waals surface area contributed by atoms with Gasteiger partial charge in [0.15, 0.2) is 0 Å². The zero-order valence-corrected chi connectivity index (χ0v) is 35.6. The Hall–Kier alpha value is -4.67. The average Bonchev–Trinajstić information content (AvgIpc) is 3.14. The van der Waals surface area contributed by atoms with Gasteiger partial charge in [0.05, 0.1) is 11.4 Å². The van der Waals surface area contributed by atoms with Gasteiger partial charge < -0.3 is 25.5 Å². The van der Waals surface area contributed by atoms with E-state index in [-0.39, 0.29) is 44.7 Å². The van der Waals surface area contributed by atoms with E-state index in [1.165, 1.54) is 12.4 Å². The van der Waals surface area contributed by atoms with Crippen LogP contribution in [-0.2, 0) is 21.7 Å². The molecule has 0 unspecified atom stereocenters. The minimum atomic E-state index is -0.123. The summed E-state index contributed by atoms with van der Waals surface area (Å²) >= 11 is 6.44. The van der Waals surface area contributed by atoms with Crippen molar-refractivity contribution in [2.45, 2.75) is 41.5 Å². The molecule has 0 atom stereocenters. The van der Waals surface area contributed by atoms with Crippen LogP contribution >= 0.6 is 31.9 Å². The first-order valence-corrected chi connectivity index (χ1v) is 18.1. The van der Waals surface area contributed by atoms with Crippen LogP contribution in [0.4, 0.5) is 11.4 Å². The van der Waals surface area contributed by atoms with Crippen LogP contribution in [0.15, 0.2) is 134 Å². The predicted octanol–water partition coefficient (Wildman–Crippen LogP) is 9.62. The molecule has 0 spiro atoms. The number of aryl methyl sites for hydroxylation is 6. The quantitative estimate of drug-likeness (QED) is 0.139. The molecule has 6 rings (SSSR count). The molecule has 274 valence electrons. The zero-order valence-electron chi connectivity index (χ0n) is 30.9. The third-order valence-corrected chi connectivity index (χ3v) is 9.07. The molecule has 0 aliphatic heterocycles. The molecule has 0 fully saturated rings. The van der Waals surface area contributed by atoms with Crippen molar-refractivity contribution in [1.29, 1.82) is 0 Å². The van der Waals surface area contributed by atoms with Gasteiger partial charge in [-0.05, 0) is 88.1 Å². The minimum Gasteiger partial charge on any atom is -0.872 e. The largest absolute Gasteiger partial charge is 4.00 e. The Morgan fingerprint density at radius 2 is 0.722 bits per heavy atom. The van der Waals surface area contributed by atoms with Gasteiger partial charge in [-0.15, -0.1) is 11.5 Å². The SMILES string of the molecule is Cc1cccc(C)c1O.Cc1cccc(C)c1[O-].Cc1cccc(C)c1[O-].[O-]c1c(Br)cccc1C=Nc1ccccc1N=Cc1cccc(Br)c1[O-].[Ti+4]. The topological polar surface area (TPSA) is 137 Å². The van der Waals surface area contributed by atoms with Crippen LogP contribution in [0.1, 0.15) is 44.5 Å². The summed E-state index contributed by atoms with van der Waals surface area (Å²) in [5.41, 5.74) is 7.36. The number of halogens is 2. The summed E-state index contributed by atoms with van der Waals surface area (Å²) < 4.78 is 0.982. The molecule has 0 saturated heterocycles. The van der Waals surface area contributed by atoms with Crippen LogP contribution in [0.25, 0.3) is 0 Å². The van der Waals surface area contributed by atoms with Crippen molar-refractivity contribution >= 4 is 55.7 Å². The van der Waals surface area contributed by atoms with E-state index in [1.54, 1.807) is 48.5 Å². The standard InChI is InChI=1S/C20H14Br2N2O2.3C8H10O.Ti/c21-15-7-3-5-13(19(15)25)11-23-17-9-1-2-10-18(17)24-12-14-6-4-8-16(22)20(14)26;3*1-6-4-3-5-7(2)8(6)9;/h1-12,25-26H;3*3-5,9H,1-2H3;/q;;;;+4/p-4. The van der Waals surface area contributed by atoms with E-state index in [4.69, 9.17) is 0 Å². The van der Waals surface area contributed by atoms with Crippen molar-refractivity contribution in [2.75, 3.05) is 0 Å². The maximum absolute atomic E-state index is 12.0. The van der Waals surface area contributed by atoms with Crippen molar-refractivity contribution in [3.8, 4) is 28.7 Å². The maximum atomic E-state index is 12.0. The van der Waals surface area contributed by atoms with Crippen molar-refractivity contribution in [1.82, 2.24) is 0 Å². The molecule has 0 bridgehead atoms. The molecule has 6 aromatic rings. The predicted molar refractivity (Wildman–Crippen MR) is 216 cm³/mol. The van der Waals surface area contributed by atoms with Crippen LogP contribution in [0.2, 0.25) is 0 Å². The Morgan fingerprint density at radius 1 is 0.426 bits per heavy atom. The summed E-state index contributed by atoms with van der Waals surface area (Å²) in [4.78, 5) is 8.77. The summed E-state index contributed by atoms with van der Waals surface area (Å²) in [7, 11) is 0. The molecule has 0 saturated carbocycles. The van der Waals surface area contributed by atoms with Gasteiger partial charge in [-0.25, -0.2) is 0 Å². The maximum Gasteiger partial charge on any atom is 4.00 e. The molecule has 0 aliphatic rings. The third kappa shape index (κ3) is 13.6. The van der Waals surface area contributed by atoms with Crippen LogP contribution in [0.3, 0.4) is 0 Å². The molecule has 0 aliphatic carbocycles. The molecule has 0 amide bonds. The molecule has 6 aromatic carbocycles. The second-order valence-corrected chi connectivity index (χ2v) is 13.7. The fraction of sp³-hybridized carbons (Fsp3) is 0.136. The summed E-state index contributed by atoms with van der Waals surface area (Å²) in [6.45, 7) is 11.1. The molecular weight excluding hydrogens is 844 g/mol. The fourth-order valence-electron chi connectivity index (χ4n) is 4.62. The van der Waals surface area contributed by atoms with Crippen LogP contribution < -0.4 is 20.4 Å². The van der Waals surface area contributed by atoms with E-state index in [1.807, 2.05) is 108 Å². The zero-order chi connectivity index (χ0) is 39.1. The first kappa shape index (κ1) is 45.5. The number of benzene rings is 6.